The van der Waals surface area contributed by atoms with Gasteiger partial charge in [-0.15, -0.1) is 0 Å². The lowest BCUT2D eigenvalue weighted by Gasteiger charge is -2.12. The third-order valence-corrected chi connectivity index (χ3v) is 6.97. The van der Waals surface area contributed by atoms with Crippen LogP contribution in [0.15, 0.2) is 109 Å². The van der Waals surface area contributed by atoms with E-state index in [0.717, 1.165) is 0 Å². The highest BCUT2D eigenvalue weighted by Gasteiger charge is 2.15. The molecule has 0 saturated heterocycles. The van der Waals surface area contributed by atoms with E-state index in [1.54, 1.807) is 0 Å². The summed E-state index contributed by atoms with van der Waals surface area (Å²) >= 11 is 0. The van der Waals surface area contributed by atoms with Crippen LogP contribution >= 0.6 is 0 Å². The molecule has 0 saturated carbocycles. The van der Waals surface area contributed by atoms with Crippen LogP contribution in [0.4, 0.5) is 0 Å². The number of aromatic amines is 1. The Morgan fingerprint density at radius 2 is 1.18 bits per heavy atom. The van der Waals surface area contributed by atoms with Gasteiger partial charge in [0.05, 0.1) is 0 Å². The van der Waals surface area contributed by atoms with Gasteiger partial charge in [-0.1, -0.05) is 78.9 Å². The van der Waals surface area contributed by atoms with Crippen LogP contribution in [0.2, 0.25) is 0 Å². The second kappa shape index (κ2) is 6.85. The Morgan fingerprint density at radius 1 is 0.515 bits per heavy atom. The summed E-state index contributed by atoms with van der Waals surface area (Å²) in [6, 6.07) is 39.4. The molecule has 33 heavy (non-hydrogen) atoms. The Hall–Kier alpha value is -4.30. The van der Waals surface area contributed by atoms with Crippen LogP contribution in [0.25, 0.3) is 65.9 Å². The molecule has 0 aliphatic rings. The zero-order valence-corrected chi connectivity index (χ0v) is 18.3. The molecule has 7 aromatic rings. The first-order chi connectivity index (χ1) is 16.3. The van der Waals surface area contributed by atoms with Crippen LogP contribution in [0, 0.1) is 0 Å². The lowest BCUT2D eigenvalue weighted by Crippen LogP contribution is -1.88. The van der Waals surface area contributed by atoms with Gasteiger partial charge in [0.25, 0.3) is 0 Å². The number of hydrogen-bond acceptors (Lipinski definition) is 0. The molecule has 0 unspecified atom stereocenters. The summed E-state index contributed by atoms with van der Waals surface area (Å²) in [5.74, 6) is 0. The first kappa shape index (κ1) is 18.3. The summed E-state index contributed by atoms with van der Waals surface area (Å²) in [5.41, 5.74) is 9.89. The maximum atomic E-state index is 3.59. The van der Waals surface area contributed by atoms with Crippen molar-refractivity contribution in [2.45, 2.75) is 0 Å². The third kappa shape index (κ3) is 2.61. The molecule has 0 amide bonds. The highest BCUT2D eigenvalue weighted by Crippen LogP contribution is 2.40. The summed E-state index contributed by atoms with van der Waals surface area (Å²) in [4.78, 5) is 3.59. The fraction of sp³-hybridized carbons (Fsp3) is 0.0323. The largest absolute Gasteiger partial charge is 0.354 e. The number of nitrogens with zero attached hydrogens (tertiary/aromatic N) is 1. The first-order valence-electron chi connectivity index (χ1n) is 11.4. The number of hydrogen-bond donors (Lipinski definition) is 1. The molecule has 0 bridgehead atoms. The zero-order chi connectivity index (χ0) is 21.9. The molecule has 156 valence electrons. The number of H-pyrrole nitrogens is 1. The number of nitrogens with one attached hydrogen (secondary N) is 1. The van der Waals surface area contributed by atoms with Crippen molar-refractivity contribution in [3.8, 4) is 22.3 Å². The van der Waals surface area contributed by atoms with Crippen molar-refractivity contribution in [2.75, 3.05) is 0 Å². The Balaban J connectivity index is 1.52. The van der Waals surface area contributed by atoms with Crippen LogP contribution in [0.5, 0.6) is 0 Å². The van der Waals surface area contributed by atoms with Crippen LogP contribution in [-0.4, -0.2) is 9.55 Å². The molecule has 5 aromatic carbocycles. The molecule has 0 spiro atoms. The average molecular weight is 423 g/mol. The lowest BCUT2D eigenvalue weighted by molar-refractivity contribution is 1.01. The summed E-state index contributed by atoms with van der Waals surface area (Å²) in [7, 11) is 2.15. The van der Waals surface area contributed by atoms with Gasteiger partial charge in [0.15, 0.2) is 0 Å². The molecular weight excluding hydrogens is 400 g/mol. The second-order valence-electron chi connectivity index (χ2n) is 8.75. The normalized spacial score (nSPS) is 11.8. The summed E-state index contributed by atoms with van der Waals surface area (Å²) in [5, 5.41) is 5.15. The van der Waals surface area contributed by atoms with Crippen LogP contribution < -0.4 is 0 Å². The van der Waals surface area contributed by atoms with E-state index in [4.69, 9.17) is 0 Å². The van der Waals surface area contributed by atoms with Crippen LogP contribution in [0.1, 0.15) is 0 Å². The molecule has 1 N–H and O–H groups in total. The van der Waals surface area contributed by atoms with E-state index in [1.807, 2.05) is 0 Å². The van der Waals surface area contributed by atoms with Crippen molar-refractivity contribution in [1.29, 1.82) is 0 Å². The van der Waals surface area contributed by atoms with Crippen LogP contribution in [-0.2, 0) is 7.05 Å². The molecule has 2 heterocycles. The smallest absolute Gasteiger partial charge is 0.0489 e. The van der Waals surface area contributed by atoms with Gasteiger partial charge >= 0.3 is 0 Å². The minimum atomic E-state index is 1.17. The predicted octanol–water partition coefficient (Wildman–Crippen LogP) is 8.30. The summed E-state index contributed by atoms with van der Waals surface area (Å²) < 4.78 is 2.28. The number of rotatable bonds is 2. The number of aryl methyl sites for hydroxylation is 1. The van der Waals surface area contributed by atoms with Gasteiger partial charge in [0.2, 0.25) is 0 Å². The van der Waals surface area contributed by atoms with E-state index in [2.05, 4.69) is 126 Å². The van der Waals surface area contributed by atoms with E-state index in [-0.39, 0.29) is 0 Å². The van der Waals surface area contributed by atoms with Gasteiger partial charge < -0.3 is 9.55 Å². The molecule has 0 aliphatic heterocycles. The Bertz CT molecular complexity index is 1830. The standard InChI is InChI=1S/C31H22N2/c1-33-29-16-7-5-11-23(29)26-19-20(17-18-30(26)33)21-9-2-3-10-22(21)24-13-8-15-28-31(24)25-12-4-6-14-27(25)32-28/h2-19,32H,1H3. The van der Waals surface area contributed by atoms with E-state index >= 15 is 0 Å². The van der Waals surface area contributed by atoms with Gasteiger partial charge in [0.1, 0.15) is 0 Å². The molecule has 0 aliphatic carbocycles. The zero-order valence-electron chi connectivity index (χ0n) is 18.3. The van der Waals surface area contributed by atoms with Crippen molar-refractivity contribution in [3.63, 3.8) is 0 Å². The molecule has 0 atom stereocenters. The van der Waals surface area contributed by atoms with Gasteiger partial charge in [-0.3, -0.25) is 0 Å². The number of para-hydroxylation sites is 2. The molecule has 0 fully saturated rings. The van der Waals surface area contributed by atoms with Gasteiger partial charge in [-0.2, -0.15) is 0 Å². The van der Waals surface area contributed by atoms with E-state index in [1.165, 1.54) is 65.9 Å². The Labute approximate surface area is 191 Å². The van der Waals surface area contributed by atoms with Crippen molar-refractivity contribution in [3.05, 3.63) is 109 Å². The third-order valence-electron chi connectivity index (χ3n) is 6.97. The van der Waals surface area contributed by atoms with E-state index in [9.17, 15) is 0 Å². The minimum Gasteiger partial charge on any atom is -0.354 e. The van der Waals surface area contributed by atoms with Crippen molar-refractivity contribution < 1.29 is 0 Å². The van der Waals surface area contributed by atoms with Gasteiger partial charge in [0, 0.05) is 50.7 Å². The molecular formula is C31H22N2. The Morgan fingerprint density at radius 3 is 2.09 bits per heavy atom. The lowest BCUT2D eigenvalue weighted by atomic mass is 9.91. The maximum Gasteiger partial charge on any atom is 0.0489 e. The van der Waals surface area contributed by atoms with Crippen LogP contribution in [0.3, 0.4) is 0 Å². The van der Waals surface area contributed by atoms with Gasteiger partial charge in [-0.05, 0) is 52.6 Å². The minimum absolute atomic E-state index is 1.17. The molecule has 0 radical (unpaired) electrons. The number of fused-ring (bicyclic) bond motifs is 6. The van der Waals surface area contributed by atoms with Crippen molar-refractivity contribution in [2.24, 2.45) is 7.05 Å². The molecule has 2 nitrogen and oxygen atoms in total. The molecule has 7 rings (SSSR count). The van der Waals surface area contributed by atoms with Crippen molar-refractivity contribution >= 4 is 43.6 Å². The average Bonchev–Trinajstić information content (AvgIpc) is 3.39. The highest BCUT2D eigenvalue weighted by atomic mass is 14.9. The predicted molar refractivity (Wildman–Crippen MR) is 141 cm³/mol. The molecule has 2 aromatic heterocycles. The fourth-order valence-electron chi connectivity index (χ4n) is 5.43. The second-order valence-corrected chi connectivity index (χ2v) is 8.75. The first-order valence-corrected chi connectivity index (χ1v) is 11.4. The topological polar surface area (TPSA) is 20.7 Å². The monoisotopic (exact) mass is 422 g/mol. The SMILES string of the molecule is Cn1c2ccccc2c2cc(-c3ccccc3-c3cccc4[nH]c5ccccc5c34)ccc21. The quantitative estimate of drug-likeness (QED) is 0.289. The Kier molecular flexibility index (Phi) is 3.80. The van der Waals surface area contributed by atoms with E-state index in [0.29, 0.717) is 0 Å². The summed E-state index contributed by atoms with van der Waals surface area (Å²) in [6.45, 7) is 0. The number of benzene rings is 5. The fourth-order valence-corrected chi connectivity index (χ4v) is 5.43. The van der Waals surface area contributed by atoms with Crippen molar-refractivity contribution in [1.82, 2.24) is 9.55 Å². The maximum absolute atomic E-state index is 3.59. The number of aromatic nitrogens is 2. The van der Waals surface area contributed by atoms with Gasteiger partial charge in [-0.25, -0.2) is 0 Å². The van der Waals surface area contributed by atoms with E-state index < -0.39 is 0 Å². The highest BCUT2D eigenvalue weighted by molar-refractivity contribution is 6.15. The molecule has 2 heteroatoms. The summed E-state index contributed by atoms with van der Waals surface area (Å²) in [6.07, 6.45) is 0.